The number of hydrogen-bond acceptors (Lipinski definition) is 3. The van der Waals surface area contributed by atoms with Gasteiger partial charge in [-0.1, -0.05) is 36.4 Å². The molecule has 0 amide bonds. The van der Waals surface area contributed by atoms with Crippen molar-refractivity contribution in [1.29, 1.82) is 0 Å². The monoisotopic (exact) mass is 532 g/mol. The van der Waals surface area contributed by atoms with Crippen molar-refractivity contribution in [1.82, 2.24) is 19.3 Å². The number of aromatic nitrogens is 4. The number of rotatable bonds is 4. The number of fused-ring (bicyclic) bond motifs is 1. The first-order valence-electron chi connectivity index (χ1n) is 11.8. The second kappa shape index (κ2) is 8.95. The lowest BCUT2D eigenvalue weighted by Gasteiger charge is -2.12. The molecule has 0 radical (unpaired) electrons. The van der Waals surface area contributed by atoms with E-state index in [1.807, 2.05) is 6.07 Å². The van der Waals surface area contributed by atoms with Crippen LogP contribution in [0.3, 0.4) is 0 Å². The Hall–Kier alpha value is -4.24. The van der Waals surface area contributed by atoms with Gasteiger partial charge in [0.1, 0.15) is 11.5 Å². The molecule has 0 N–H and O–H groups in total. The summed E-state index contributed by atoms with van der Waals surface area (Å²) in [6.07, 6.45) is -4.66. The minimum Gasteiger partial charge on any atom is -0.315 e. The summed E-state index contributed by atoms with van der Waals surface area (Å²) in [6.45, 7) is 3.54. The summed E-state index contributed by atoms with van der Waals surface area (Å²) in [7, 11) is 0. The van der Waals surface area contributed by atoms with E-state index < -0.39 is 17.6 Å². The number of pyridine rings is 1. The van der Waals surface area contributed by atoms with E-state index in [9.17, 15) is 17.6 Å². The van der Waals surface area contributed by atoms with E-state index in [4.69, 9.17) is 5.10 Å². The van der Waals surface area contributed by atoms with Gasteiger partial charge in [0.15, 0.2) is 5.65 Å². The fourth-order valence-electron chi connectivity index (χ4n) is 4.83. The number of halogens is 4. The van der Waals surface area contributed by atoms with Gasteiger partial charge in [0, 0.05) is 17.0 Å². The standard InChI is InChI=1S/C29H20F4N4S/c1-17-15-20(18(2)36(17)24-12-7-6-11-22(24)30)27-26-21(29(31,32)33)16-23(25-13-8-14-38-25)34-28(26)37(35-27)19-9-4-3-5-10-19/h3-16H,1-2H3. The Morgan fingerprint density at radius 3 is 2.29 bits per heavy atom. The minimum absolute atomic E-state index is 0.0973. The van der Waals surface area contributed by atoms with Gasteiger partial charge in [0.2, 0.25) is 0 Å². The van der Waals surface area contributed by atoms with E-state index >= 15 is 0 Å². The number of benzene rings is 2. The summed E-state index contributed by atoms with van der Waals surface area (Å²) < 4.78 is 61.8. The molecule has 0 atom stereocenters. The first-order chi connectivity index (χ1) is 18.2. The zero-order chi connectivity index (χ0) is 26.6. The topological polar surface area (TPSA) is 35.6 Å². The van der Waals surface area contributed by atoms with Gasteiger partial charge in [-0.25, -0.2) is 14.1 Å². The number of nitrogens with zero attached hydrogens (tertiary/aromatic N) is 4. The summed E-state index contributed by atoms with van der Waals surface area (Å²) in [5, 5.41) is 6.40. The lowest BCUT2D eigenvalue weighted by Crippen LogP contribution is -2.08. The molecule has 4 nitrogen and oxygen atoms in total. The van der Waals surface area contributed by atoms with Crippen LogP contribution < -0.4 is 0 Å². The molecule has 4 heterocycles. The van der Waals surface area contributed by atoms with Crippen molar-refractivity contribution >= 4 is 22.4 Å². The van der Waals surface area contributed by atoms with Crippen LogP contribution >= 0.6 is 11.3 Å². The van der Waals surface area contributed by atoms with E-state index in [-0.39, 0.29) is 22.4 Å². The number of aryl methyl sites for hydroxylation is 1. The van der Waals surface area contributed by atoms with Crippen LogP contribution in [0.1, 0.15) is 17.0 Å². The van der Waals surface area contributed by atoms with Crippen molar-refractivity contribution < 1.29 is 17.6 Å². The largest absolute Gasteiger partial charge is 0.417 e. The maximum absolute atomic E-state index is 14.7. The average molecular weight is 533 g/mol. The smallest absolute Gasteiger partial charge is 0.315 e. The molecule has 6 rings (SSSR count). The first kappa shape index (κ1) is 24.1. The Labute approximate surface area is 219 Å². The van der Waals surface area contributed by atoms with Gasteiger partial charge in [0.05, 0.1) is 32.9 Å². The van der Waals surface area contributed by atoms with E-state index in [1.165, 1.54) is 22.1 Å². The molecular formula is C29H20F4N4S. The summed E-state index contributed by atoms with van der Waals surface area (Å²) >= 11 is 1.32. The van der Waals surface area contributed by atoms with E-state index in [0.29, 0.717) is 33.2 Å². The molecule has 0 fully saturated rings. The summed E-state index contributed by atoms with van der Waals surface area (Å²) in [4.78, 5) is 5.31. The summed E-state index contributed by atoms with van der Waals surface area (Å²) in [5.41, 5.74) is 2.24. The quantitative estimate of drug-likeness (QED) is 0.214. The minimum atomic E-state index is -4.66. The molecule has 0 unspecified atom stereocenters. The molecule has 0 bridgehead atoms. The van der Waals surface area contributed by atoms with Crippen molar-refractivity contribution in [2.75, 3.05) is 0 Å². The van der Waals surface area contributed by atoms with Crippen LogP contribution in [-0.2, 0) is 6.18 Å². The van der Waals surface area contributed by atoms with Crippen LogP contribution in [-0.4, -0.2) is 19.3 Å². The Morgan fingerprint density at radius 2 is 1.61 bits per heavy atom. The van der Waals surface area contributed by atoms with Gasteiger partial charge < -0.3 is 4.57 Å². The van der Waals surface area contributed by atoms with Crippen LogP contribution in [0.15, 0.2) is 84.2 Å². The summed E-state index contributed by atoms with van der Waals surface area (Å²) in [5.74, 6) is -0.432. The van der Waals surface area contributed by atoms with Crippen LogP contribution in [0.5, 0.6) is 0 Å². The zero-order valence-corrected chi connectivity index (χ0v) is 21.1. The van der Waals surface area contributed by atoms with Crippen molar-refractivity contribution in [2.45, 2.75) is 20.0 Å². The van der Waals surface area contributed by atoms with Crippen LogP contribution in [0.4, 0.5) is 17.6 Å². The van der Waals surface area contributed by atoms with Crippen LogP contribution in [0, 0.1) is 19.7 Å². The van der Waals surface area contributed by atoms with Crippen LogP contribution in [0.2, 0.25) is 0 Å². The SMILES string of the molecule is Cc1cc(-c2nn(-c3ccccc3)c3nc(-c4cccs4)cc(C(F)(F)F)c23)c(C)n1-c1ccccc1F. The molecule has 0 spiro atoms. The molecule has 2 aromatic carbocycles. The fourth-order valence-corrected chi connectivity index (χ4v) is 5.52. The fraction of sp³-hybridized carbons (Fsp3) is 0.103. The summed E-state index contributed by atoms with van der Waals surface area (Å²) in [6, 6.07) is 21.6. The average Bonchev–Trinajstić information content (AvgIpc) is 3.62. The molecule has 9 heteroatoms. The van der Waals surface area contributed by atoms with Gasteiger partial charge in [-0.05, 0) is 61.7 Å². The number of para-hydroxylation sites is 2. The van der Waals surface area contributed by atoms with Crippen molar-refractivity contribution in [3.63, 3.8) is 0 Å². The predicted molar refractivity (Wildman–Crippen MR) is 141 cm³/mol. The zero-order valence-electron chi connectivity index (χ0n) is 20.3. The third-order valence-electron chi connectivity index (χ3n) is 6.50. The second-order valence-electron chi connectivity index (χ2n) is 8.90. The maximum atomic E-state index is 14.7. The molecule has 4 aromatic heterocycles. The number of hydrogen-bond donors (Lipinski definition) is 0. The molecule has 0 aliphatic rings. The Balaban J connectivity index is 1.71. The number of thiophene rings is 1. The van der Waals surface area contributed by atoms with E-state index in [1.54, 1.807) is 84.5 Å². The third kappa shape index (κ3) is 3.90. The lowest BCUT2D eigenvalue weighted by molar-refractivity contribution is -0.136. The highest BCUT2D eigenvalue weighted by Gasteiger charge is 2.37. The van der Waals surface area contributed by atoms with Crippen LogP contribution in [0.25, 0.3) is 44.2 Å². The molecule has 6 aromatic rings. The molecule has 0 aliphatic heterocycles. The second-order valence-corrected chi connectivity index (χ2v) is 9.84. The van der Waals surface area contributed by atoms with Gasteiger partial charge >= 0.3 is 6.18 Å². The van der Waals surface area contributed by atoms with Gasteiger partial charge in [-0.15, -0.1) is 11.3 Å². The van der Waals surface area contributed by atoms with Crippen molar-refractivity contribution in [3.8, 4) is 33.2 Å². The van der Waals surface area contributed by atoms with Crippen molar-refractivity contribution in [3.05, 3.63) is 107 Å². The maximum Gasteiger partial charge on any atom is 0.417 e. The predicted octanol–water partition coefficient (Wildman–Crippen LogP) is 8.38. The molecule has 0 aliphatic carbocycles. The Kier molecular flexibility index (Phi) is 5.68. The van der Waals surface area contributed by atoms with E-state index in [0.717, 1.165) is 6.07 Å². The molecule has 0 saturated heterocycles. The highest BCUT2D eigenvalue weighted by Crippen LogP contribution is 2.43. The molecule has 190 valence electrons. The lowest BCUT2D eigenvalue weighted by atomic mass is 10.0. The molecular weight excluding hydrogens is 512 g/mol. The highest BCUT2D eigenvalue weighted by molar-refractivity contribution is 7.13. The normalized spacial score (nSPS) is 11.9. The Morgan fingerprint density at radius 1 is 0.868 bits per heavy atom. The molecule has 0 saturated carbocycles. The van der Waals surface area contributed by atoms with Gasteiger partial charge in [-0.2, -0.15) is 18.3 Å². The third-order valence-corrected chi connectivity index (χ3v) is 7.39. The van der Waals surface area contributed by atoms with Gasteiger partial charge in [-0.3, -0.25) is 0 Å². The highest BCUT2D eigenvalue weighted by atomic mass is 32.1. The number of alkyl halides is 3. The first-order valence-corrected chi connectivity index (χ1v) is 12.7. The Bertz CT molecular complexity index is 1780. The van der Waals surface area contributed by atoms with E-state index in [2.05, 4.69) is 4.98 Å². The van der Waals surface area contributed by atoms with Gasteiger partial charge in [0.25, 0.3) is 0 Å². The molecule has 38 heavy (non-hydrogen) atoms. The van der Waals surface area contributed by atoms with Crippen molar-refractivity contribution in [2.24, 2.45) is 0 Å².